The van der Waals surface area contributed by atoms with Gasteiger partial charge in [0.25, 0.3) is 0 Å². The first-order valence-corrected chi connectivity index (χ1v) is 7.14. The van der Waals surface area contributed by atoms with Gasteiger partial charge in [-0.2, -0.15) is 0 Å². The molecule has 0 aliphatic carbocycles. The van der Waals surface area contributed by atoms with Gasteiger partial charge in [-0.3, -0.25) is 10.4 Å². The van der Waals surface area contributed by atoms with Crippen LogP contribution in [0, 0.1) is 5.41 Å². The molecule has 23 heavy (non-hydrogen) atoms. The summed E-state index contributed by atoms with van der Waals surface area (Å²) in [6.45, 7) is 1.70. The van der Waals surface area contributed by atoms with E-state index in [1.54, 1.807) is 38.2 Å². The molecule has 0 atom stereocenters. The third kappa shape index (κ3) is 3.97. The van der Waals surface area contributed by atoms with E-state index < -0.39 is 0 Å². The van der Waals surface area contributed by atoms with Crippen molar-refractivity contribution in [3.05, 3.63) is 71.4 Å². The number of hydrogen-bond acceptors (Lipinski definition) is 4. The van der Waals surface area contributed by atoms with Crippen LogP contribution >= 0.6 is 0 Å². The van der Waals surface area contributed by atoms with E-state index in [-0.39, 0.29) is 11.5 Å². The van der Waals surface area contributed by atoms with E-state index in [0.29, 0.717) is 22.6 Å². The number of nitrogens with two attached hydrogens (primary N) is 2. The van der Waals surface area contributed by atoms with Gasteiger partial charge in [0.2, 0.25) is 0 Å². The summed E-state index contributed by atoms with van der Waals surface area (Å²) in [5.41, 5.74) is 13.5. The van der Waals surface area contributed by atoms with Crippen LogP contribution in [0.5, 0.6) is 11.5 Å². The molecule has 0 saturated heterocycles. The Morgan fingerprint density at radius 3 is 2.04 bits per heavy atom. The Labute approximate surface area is 135 Å². The van der Waals surface area contributed by atoms with Crippen molar-refractivity contribution < 1.29 is 4.74 Å². The second-order valence-electron chi connectivity index (χ2n) is 4.98. The van der Waals surface area contributed by atoms with E-state index in [9.17, 15) is 0 Å². The van der Waals surface area contributed by atoms with Crippen molar-refractivity contribution in [2.45, 2.75) is 6.92 Å². The number of nitrogens with zero attached hydrogens (tertiary/aromatic N) is 1. The minimum absolute atomic E-state index is 0.236. The monoisotopic (exact) mass is 308 g/mol. The number of aliphatic imine (C=N–C) groups is 1. The van der Waals surface area contributed by atoms with Crippen molar-refractivity contribution in [2.75, 3.05) is 7.05 Å². The molecule has 0 heterocycles. The van der Waals surface area contributed by atoms with Gasteiger partial charge in [0.05, 0.1) is 11.3 Å². The average Bonchev–Trinajstić information content (AvgIpc) is 2.56. The normalized spacial score (nSPS) is 12.5. The topological polar surface area (TPSA) is 97.5 Å². The summed E-state index contributed by atoms with van der Waals surface area (Å²) < 4.78 is 5.73. The summed E-state index contributed by atoms with van der Waals surface area (Å²) in [6, 6.07) is 16.7. The van der Waals surface area contributed by atoms with E-state index >= 15 is 0 Å². The number of hydrogen-bond donors (Lipinski definition) is 3. The van der Waals surface area contributed by atoms with Crippen molar-refractivity contribution in [1.29, 1.82) is 5.41 Å². The largest absolute Gasteiger partial charge is 0.457 e. The lowest BCUT2D eigenvalue weighted by Crippen LogP contribution is -2.24. The smallest absolute Gasteiger partial charge is 0.129 e. The highest BCUT2D eigenvalue weighted by Crippen LogP contribution is 2.22. The van der Waals surface area contributed by atoms with Crippen LogP contribution in [-0.4, -0.2) is 18.6 Å². The van der Waals surface area contributed by atoms with Gasteiger partial charge in [-0.1, -0.05) is 18.2 Å². The van der Waals surface area contributed by atoms with Crippen LogP contribution in [0.15, 0.2) is 70.9 Å². The molecule has 2 aromatic rings. The van der Waals surface area contributed by atoms with Crippen LogP contribution < -0.4 is 16.2 Å². The van der Waals surface area contributed by atoms with E-state index in [1.807, 2.05) is 30.3 Å². The van der Waals surface area contributed by atoms with Gasteiger partial charge in [-0.25, -0.2) is 0 Å². The van der Waals surface area contributed by atoms with E-state index in [1.165, 1.54) is 0 Å². The maximum absolute atomic E-state index is 8.30. The number of nitrogens with one attached hydrogen (secondary N) is 1. The van der Waals surface area contributed by atoms with Crippen molar-refractivity contribution in [1.82, 2.24) is 0 Å². The molecule has 2 aromatic carbocycles. The zero-order chi connectivity index (χ0) is 16.8. The number of para-hydroxylation sites is 1. The van der Waals surface area contributed by atoms with Gasteiger partial charge in [0.15, 0.2) is 0 Å². The molecule has 0 saturated carbocycles. The Morgan fingerprint density at radius 1 is 0.957 bits per heavy atom. The number of ether oxygens (including phenoxy) is 1. The fourth-order valence-electron chi connectivity index (χ4n) is 2.10. The van der Waals surface area contributed by atoms with Gasteiger partial charge in [-0.15, -0.1) is 0 Å². The van der Waals surface area contributed by atoms with Crippen molar-refractivity contribution in [2.24, 2.45) is 16.5 Å². The number of allylic oxidation sites excluding steroid dienone is 1. The molecular weight excluding hydrogens is 288 g/mol. The predicted octanol–water partition coefficient (Wildman–Crippen LogP) is 3.07. The molecule has 0 spiro atoms. The van der Waals surface area contributed by atoms with E-state index in [0.717, 1.165) is 5.75 Å². The molecule has 0 aliphatic rings. The summed E-state index contributed by atoms with van der Waals surface area (Å²) in [6.07, 6.45) is 0. The molecule has 0 aromatic heterocycles. The van der Waals surface area contributed by atoms with Crippen molar-refractivity contribution in [3.63, 3.8) is 0 Å². The summed E-state index contributed by atoms with van der Waals surface area (Å²) in [4.78, 5) is 3.92. The Hall–Kier alpha value is -3.08. The van der Waals surface area contributed by atoms with Crippen LogP contribution in [0.3, 0.4) is 0 Å². The molecule has 5 heteroatoms. The summed E-state index contributed by atoms with van der Waals surface area (Å²) in [5.74, 6) is 1.70. The quantitative estimate of drug-likeness (QED) is 0.585. The number of rotatable bonds is 5. The predicted molar refractivity (Wildman–Crippen MR) is 94.2 cm³/mol. The van der Waals surface area contributed by atoms with Crippen LogP contribution in [0.1, 0.15) is 12.5 Å². The SMILES string of the molecule is CN=C(N)/C(C(=N)c1ccc(Oc2ccccc2)cc1)=C(\C)N. The van der Waals surface area contributed by atoms with Crippen LogP contribution in [0.4, 0.5) is 0 Å². The van der Waals surface area contributed by atoms with Gasteiger partial charge in [0.1, 0.15) is 17.3 Å². The molecule has 0 aliphatic heterocycles. The standard InChI is InChI=1S/C18H20N4O/c1-12(19)16(18(21)22-2)17(20)13-8-10-15(11-9-13)23-14-6-4-3-5-7-14/h3-11,20H,19H2,1-2H3,(H2,21,22)/b16-12+,20-17?. The molecule has 5 nitrogen and oxygen atoms in total. The fourth-order valence-corrected chi connectivity index (χ4v) is 2.10. The molecule has 0 radical (unpaired) electrons. The van der Waals surface area contributed by atoms with Crippen LogP contribution in [0.2, 0.25) is 0 Å². The number of benzene rings is 2. The highest BCUT2D eigenvalue weighted by molar-refractivity contribution is 6.28. The highest BCUT2D eigenvalue weighted by Gasteiger charge is 2.14. The van der Waals surface area contributed by atoms with Crippen LogP contribution in [-0.2, 0) is 0 Å². The van der Waals surface area contributed by atoms with Gasteiger partial charge in [-0.05, 0) is 43.3 Å². The third-order valence-electron chi connectivity index (χ3n) is 3.26. The Kier molecular flexibility index (Phi) is 5.15. The maximum Gasteiger partial charge on any atom is 0.129 e. The van der Waals surface area contributed by atoms with Gasteiger partial charge in [0, 0.05) is 18.3 Å². The molecule has 0 fully saturated rings. The molecule has 118 valence electrons. The maximum atomic E-state index is 8.30. The van der Waals surface area contributed by atoms with Crippen molar-refractivity contribution in [3.8, 4) is 11.5 Å². The lowest BCUT2D eigenvalue weighted by molar-refractivity contribution is 0.482. The summed E-state index contributed by atoms with van der Waals surface area (Å²) >= 11 is 0. The Balaban J connectivity index is 2.22. The first-order chi connectivity index (χ1) is 11.0. The van der Waals surface area contributed by atoms with E-state index in [4.69, 9.17) is 21.6 Å². The highest BCUT2D eigenvalue weighted by atomic mass is 16.5. The van der Waals surface area contributed by atoms with Gasteiger partial charge < -0.3 is 16.2 Å². The summed E-state index contributed by atoms with van der Waals surface area (Å²) in [5, 5.41) is 8.30. The molecule has 0 bridgehead atoms. The zero-order valence-electron chi connectivity index (χ0n) is 13.2. The molecule has 0 unspecified atom stereocenters. The minimum atomic E-state index is 0.236. The Morgan fingerprint density at radius 2 is 1.52 bits per heavy atom. The second kappa shape index (κ2) is 7.26. The zero-order valence-corrected chi connectivity index (χ0v) is 13.2. The Bertz CT molecular complexity index is 742. The van der Waals surface area contributed by atoms with Gasteiger partial charge >= 0.3 is 0 Å². The second-order valence-corrected chi connectivity index (χ2v) is 4.98. The van der Waals surface area contributed by atoms with E-state index in [2.05, 4.69) is 4.99 Å². The average molecular weight is 308 g/mol. The summed E-state index contributed by atoms with van der Waals surface area (Å²) in [7, 11) is 1.57. The third-order valence-corrected chi connectivity index (χ3v) is 3.26. The minimum Gasteiger partial charge on any atom is -0.457 e. The fraction of sp³-hybridized carbons (Fsp3) is 0.111. The lowest BCUT2D eigenvalue weighted by Gasteiger charge is -2.12. The van der Waals surface area contributed by atoms with Crippen molar-refractivity contribution >= 4 is 11.5 Å². The molecule has 2 rings (SSSR count). The first kappa shape index (κ1) is 16.3. The lowest BCUT2D eigenvalue weighted by atomic mass is 10.00. The molecular formula is C18H20N4O. The molecule has 5 N–H and O–H groups in total. The van der Waals surface area contributed by atoms with Crippen LogP contribution in [0.25, 0.3) is 0 Å². The molecule has 0 amide bonds. The first-order valence-electron chi connectivity index (χ1n) is 7.14. The number of amidine groups is 1.